The molecule has 106 valence electrons. The molecule has 1 heterocycles. The van der Waals surface area contributed by atoms with Crippen LogP contribution in [0.2, 0.25) is 0 Å². The minimum absolute atomic E-state index is 0.499. The van der Waals surface area contributed by atoms with Crippen LogP contribution in [0, 0.1) is 0 Å². The molecule has 0 atom stereocenters. The molecule has 0 bridgehead atoms. The van der Waals surface area contributed by atoms with Gasteiger partial charge in [0, 0.05) is 38.8 Å². The summed E-state index contributed by atoms with van der Waals surface area (Å²) < 4.78 is 5.56. The van der Waals surface area contributed by atoms with Crippen LogP contribution >= 0.6 is 0 Å². The second kappa shape index (κ2) is 6.78. The van der Waals surface area contributed by atoms with E-state index >= 15 is 0 Å². The normalized spacial score (nSPS) is 15.9. The summed E-state index contributed by atoms with van der Waals surface area (Å²) in [4.78, 5) is 2.38. The van der Waals surface area contributed by atoms with E-state index in [4.69, 9.17) is 4.74 Å². The molecular weight excluding hydrogens is 238 g/mol. The standard InChI is InChI=1S/C15H25N3O/c1-12(2)17-11-13-4-5-14(15(10-13)19-3)18-8-6-16-7-9-18/h4-5,10,12,16-17H,6-9,11H2,1-3H3. The number of nitrogens with zero attached hydrogens (tertiary/aromatic N) is 1. The number of ether oxygens (including phenoxy) is 1. The molecule has 1 saturated heterocycles. The number of methoxy groups -OCH3 is 1. The van der Waals surface area contributed by atoms with Crippen molar-refractivity contribution in [2.75, 3.05) is 38.2 Å². The number of piperazine rings is 1. The maximum Gasteiger partial charge on any atom is 0.142 e. The minimum Gasteiger partial charge on any atom is -0.495 e. The molecule has 0 aromatic heterocycles. The average molecular weight is 263 g/mol. The Morgan fingerprint density at radius 1 is 1.32 bits per heavy atom. The summed E-state index contributed by atoms with van der Waals surface area (Å²) in [5.74, 6) is 0.977. The van der Waals surface area contributed by atoms with Crippen LogP contribution in [0.15, 0.2) is 18.2 Å². The van der Waals surface area contributed by atoms with Crippen LogP contribution in [0.1, 0.15) is 19.4 Å². The zero-order chi connectivity index (χ0) is 13.7. The second-order valence-corrected chi connectivity index (χ2v) is 5.28. The van der Waals surface area contributed by atoms with Crippen molar-refractivity contribution in [3.63, 3.8) is 0 Å². The third-order valence-electron chi connectivity index (χ3n) is 3.42. The fourth-order valence-electron chi connectivity index (χ4n) is 2.32. The smallest absolute Gasteiger partial charge is 0.142 e. The van der Waals surface area contributed by atoms with Gasteiger partial charge in [0.25, 0.3) is 0 Å². The summed E-state index contributed by atoms with van der Waals surface area (Å²) >= 11 is 0. The van der Waals surface area contributed by atoms with Crippen molar-refractivity contribution in [1.82, 2.24) is 10.6 Å². The van der Waals surface area contributed by atoms with Crippen LogP contribution in [0.5, 0.6) is 5.75 Å². The maximum absolute atomic E-state index is 5.56. The molecule has 1 aromatic carbocycles. The van der Waals surface area contributed by atoms with E-state index in [1.807, 2.05) is 0 Å². The van der Waals surface area contributed by atoms with Gasteiger partial charge in [-0.3, -0.25) is 0 Å². The molecule has 0 spiro atoms. The Morgan fingerprint density at radius 2 is 2.05 bits per heavy atom. The van der Waals surface area contributed by atoms with Crippen molar-refractivity contribution in [2.24, 2.45) is 0 Å². The lowest BCUT2D eigenvalue weighted by Gasteiger charge is -2.30. The van der Waals surface area contributed by atoms with Gasteiger partial charge in [-0.25, -0.2) is 0 Å². The molecule has 1 fully saturated rings. The predicted octanol–water partition coefficient (Wildman–Crippen LogP) is 1.60. The van der Waals surface area contributed by atoms with Crippen LogP contribution in [-0.2, 0) is 6.54 Å². The van der Waals surface area contributed by atoms with Crippen LogP contribution in [0.25, 0.3) is 0 Å². The van der Waals surface area contributed by atoms with Gasteiger partial charge in [-0.2, -0.15) is 0 Å². The van der Waals surface area contributed by atoms with Gasteiger partial charge < -0.3 is 20.3 Å². The fourth-order valence-corrected chi connectivity index (χ4v) is 2.32. The molecule has 1 aliphatic heterocycles. The fraction of sp³-hybridized carbons (Fsp3) is 0.600. The highest BCUT2D eigenvalue weighted by Crippen LogP contribution is 2.29. The summed E-state index contributed by atoms with van der Waals surface area (Å²) in [5, 5.41) is 6.81. The Morgan fingerprint density at radius 3 is 2.68 bits per heavy atom. The Labute approximate surface area is 116 Å². The molecule has 19 heavy (non-hydrogen) atoms. The van der Waals surface area contributed by atoms with Gasteiger partial charge in [-0.15, -0.1) is 0 Å². The number of nitrogens with one attached hydrogen (secondary N) is 2. The average Bonchev–Trinajstić information content (AvgIpc) is 2.45. The van der Waals surface area contributed by atoms with Crippen LogP contribution in [-0.4, -0.2) is 39.3 Å². The molecule has 4 nitrogen and oxygen atoms in total. The summed E-state index contributed by atoms with van der Waals surface area (Å²) in [7, 11) is 1.75. The van der Waals surface area contributed by atoms with E-state index in [-0.39, 0.29) is 0 Å². The second-order valence-electron chi connectivity index (χ2n) is 5.28. The lowest BCUT2D eigenvalue weighted by Crippen LogP contribution is -2.43. The van der Waals surface area contributed by atoms with E-state index < -0.39 is 0 Å². The number of benzene rings is 1. The topological polar surface area (TPSA) is 36.5 Å². The molecule has 0 aliphatic carbocycles. The van der Waals surface area contributed by atoms with Gasteiger partial charge in [0.1, 0.15) is 5.75 Å². The monoisotopic (exact) mass is 263 g/mol. The van der Waals surface area contributed by atoms with Crippen LogP contribution < -0.4 is 20.3 Å². The molecule has 0 radical (unpaired) electrons. The zero-order valence-corrected chi connectivity index (χ0v) is 12.2. The third kappa shape index (κ3) is 3.85. The quantitative estimate of drug-likeness (QED) is 0.846. The van der Waals surface area contributed by atoms with Gasteiger partial charge >= 0.3 is 0 Å². The highest BCUT2D eigenvalue weighted by atomic mass is 16.5. The third-order valence-corrected chi connectivity index (χ3v) is 3.42. The molecule has 0 amide bonds. The molecule has 0 unspecified atom stereocenters. The first-order valence-electron chi connectivity index (χ1n) is 7.06. The Kier molecular flexibility index (Phi) is 5.05. The Bertz CT molecular complexity index is 400. The summed E-state index contributed by atoms with van der Waals surface area (Å²) in [5.41, 5.74) is 2.47. The summed E-state index contributed by atoms with van der Waals surface area (Å²) in [6.45, 7) is 9.37. The van der Waals surface area contributed by atoms with E-state index in [9.17, 15) is 0 Å². The predicted molar refractivity (Wildman–Crippen MR) is 80.1 cm³/mol. The Balaban J connectivity index is 2.11. The first-order valence-corrected chi connectivity index (χ1v) is 7.06. The van der Waals surface area contributed by atoms with E-state index in [2.05, 4.69) is 47.6 Å². The zero-order valence-electron chi connectivity index (χ0n) is 12.2. The minimum atomic E-state index is 0.499. The summed E-state index contributed by atoms with van der Waals surface area (Å²) in [6.07, 6.45) is 0. The lowest BCUT2D eigenvalue weighted by atomic mass is 10.1. The Hall–Kier alpha value is -1.26. The number of hydrogen-bond acceptors (Lipinski definition) is 4. The highest BCUT2D eigenvalue weighted by molar-refractivity contribution is 5.60. The van der Waals surface area contributed by atoms with Crippen molar-refractivity contribution in [1.29, 1.82) is 0 Å². The molecule has 0 saturated carbocycles. The molecule has 4 heteroatoms. The maximum atomic E-state index is 5.56. The van der Waals surface area contributed by atoms with Gasteiger partial charge in [-0.05, 0) is 17.7 Å². The molecular formula is C15H25N3O. The van der Waals surface area contributed by atoms with E-state index in [1.54, 1.807) is 7.11 Å². The van der Waals surface area contributed by atoms with Gasteiger partial charge in [-0.1, -0.05) is 19.9 Å². The molecule has 2 N–H and O–H groups in total. The first kappa shape index (κ1) is 14.2. The van der Waals surface area contributed by atoms with Crippen LogP contribution in [0.4, 0.5) is 5.69 Å². The number of rotatable bonds is 5. The van der Waals surface area contributed by atoms with Gasteiger partial charge in [0.05, 0.1) is 12.8 Å². The van der Waals surface area contributed by atoms with Crippen LogP contribution in [0.3, 0.4) is 0 Å². The largest absolute Gasteiger partial charge is 0.495 e. The molecule has 2 rings (SSSR count). The van der Waals surface area contributed by atoms with Gasteiger partial charge in [0.15, 0.2) is 0 Å². The van der Waals surface area contributed by atoms with E-state index in [0.29, 0.717) is 6.04 Å². The lowest BCUT2D eigenvalue weighted by molar-refractivity contribution is 0.412. The molecule has 1 aromatic rings. The van der Waals surface area contributed by atoms with Crippen molar-refractivity contribution >= 4 is 5.69 Å². The SMILES string of the molecule is COc1cc(CNC(C)C)ccc1N1CCNCC1. The van der Waals surface area contributed by atoms with Gasteiger partial charge in [0.2, 0.25) is 0 Å². The number of hydrogen-bond donors (Lipinski definition) is 2. The highest BCUT2D eigenvalue weighted by Gasteiger charge is 2.15. The first-order chi connectivity index (χ1) is 9.20. The van der Waals surface area contributed by atoms with Crippen molar-refractivity contribution < 1.29 is 4.74 Å². The van der Waals surface area contributed by atoms with Crippen molar-refractivity contribution in [2.45, 2.75) is 26.4 Å². The molecule has 1 aliphatic rings. The van der Waals surface area contributed by atoms with Crippen molar-refractivity contribution in [3.05, 3.63) is 23.8 Å². The van der Waals surface area contributed by atoms with Crippen molar-refractivity contribution in [3.8, 4) is 5.75 Å². The van der Waals surface area contributed by atoms with E-state index in [1.165, 1.54) is 11.3 Å². The summed E-state index contributed by atoms with van der Waals surface area (Å²) in [6, 6.07) is 7.02. The number of anilines is 1. The van der Waals surface area contributed by atoms with E-state index in [0.717, 1.165) is 38.5 Å².